The van der Waals surface area contributed by atoms with Crippen molar-refractivity contribution >= 4 is 29.0 Å². The Morgan fingerprint density at radius 3 is 2.04 bits per heavy atom. The number of hydrogen-bond donors (Lipinski definition) is 2. The van der Waals surface area contributed by atoms with E-state index in [1.165, 1.54) is 21.0 Å². The van der Waals surface area contributed by atoms with Crippen molar-refractivity contribution in [3.63, 3.8) is 0 Å². The number of amides is 2. The van der Waals surface area contributed by atoms with Crippen LogP contribution in [-0.2, 0) is 4.79 Å². The van der Waals surface area contributed by atoms with E-state index >= 15 is 0 Å². The quantitative estimate of drug-likeness (QED) is 0.827. The third kappa shape index (κ3) is 4.19. The normalized spacial score (nSPS) is 9.96. The van der Waals surface area contributed by atoms with Crippen molar-refractivity contribution in [3.8, 4) is 5.75 Å². The summed E-state index contributed by atoms with van der Waals surface area (Å²) in [5.41, 5.74) is 1.93. The number of nitrogens with one attached hydrogen (secondary N) is 2. The van der Waals surface area contributed by atoms with E-state index in [0.717, 1.165) is 0 Å². The zero-order valence-electron chi connectivity index (χ0n) is 13.7. The second-order valence-electron chi connectivity index (χ2n) is 5.18. The summed E-state index contributed by atoms with van der Waals surface area (Å²) in [5.74, 6) is -0.148. The first-order valence-electron chi connectivity index (χ1n) is 7.28. The molecule has 24 heavy (non-hydrogen) atoms. The van der Waals surface area contributed by atoms with Gasteiger partial charge in [-0.25, -0.2) is 0 Å². The lowest BCUT2D eigenvalue weighted by Crippen LogP contribution is -2.13. The zero-order chi connectivity index (χ0) is 17.7. The van der Waals surface area contributed by atoms with Gasteiger partial charge in [0.05, 0.1) is 12.8 Å². The number of rotatable bonds is 5. The number of carbonyl (C=O) groups excluding carboxylic acids is 3. The van der Waals surface area contributed by atoms with Crippen molar-refractivity contribution < 1.29 is 19.1 Å². The molecule has 0 bridgehead atoms. The summed E-state index contributed by atoms with van der Waals surface area (Å²) in [4.78, 5) is 34.8. The number of benzene rings is 2. The summed E-state index contributed by atoms with van der Waals surface area (Å²) in [5, 5.41) is 5.39. The molecule has 0 radical (unpaired) electrons. The van der Waals surface area contributed by atoms with Gasteiger partial charge < -0.3 is 15.4 Å². The van der Waals surface area contributed by atoms with E-state index in [4.69, 9.17) is 4.74 Å². The van der Waals surface area contributed by atoms with E-state index in [-0.39, 0.29) is 17.6 Å². The molecule has 0 saturated heterocycles. The molecule has 0 atom stereocenters. The highest BCUT2D eigenvalue weighted by Gasteiger charge is 2.11. The van der Waals surface area contributed by atoms with Crippen molar-refractivity contribution in [3.05, 3.63) is 53.6 Å². The Hall–Kier alpha value is -3.15. The standard InChI is InChI=1S/C18H18N2O4/c1-11(21)13-4-6-14(7-5-13)18(23)20-16-10-15(19-12(2)22)8-9-17(16)24-3/h4-10H,1-3H3,(H,19,22)(H,20,23). The van der Waals surface area contributed by atoms with Gasteiger partial charge in [0.2, 0.25) is 5.91 Å². The highest BCUT2D eigenvalue weighted by molar-refractivity contribution is 6.06. The van der Waals surface area contributed by atoms with Gasteiger partial charge in [-0.15, -0.1) is 0 Å². The third-order valence-corrected chi connectivity index (χ3v) is 3.32. The molecule has 2 aromatic carbocycles. The molecule has 124 valence electrons. The molecule has 0 aromatic heterocycles. The first-order chi connectivity index (χ1) is 11.4. The molecule has 6 nitrogen and oxygen atoms in total. The molecule has 0 aliphatic carbocycles. The van der Waals surface area contributed by atoms with Crippen molar-refractivity contribution in [2.75, 3.05) is 17.7 Å². The van der Waals surface area contributed by atoms with E-state index in [0.29, 0.717) is 28.3 Å². The molecule has 2 aromatic rings. The monoisotopic (exact) mass is 326 g/mol. The van der Waals surface area contributed by atoms with Gasteiger partial charge in [-0.1, -0.05) is 12.1 Å². The summed E-state index contributed by atoms with van der Waals surface area (Å²) < 4.78 is 5.22. The molecule has 0 fully saturated rings. The highest BCUT2D eigenvalue weighted by Crippen LogP contribution is 2.28. The number of ketones is 1. The highest BCUT2D eigenvalue weighted by atomic mass is 16.5. The average molecular weight is 326 g/mol. The molecule has 2 amide bonds. The number of carbonyl (C=O) groups is 3. The fourth-order valence-corrected chi connectivity index (χ4v) is 2.14. The second-order valence-corrected chi connectivity index (χ2v) is 5.18. The van der Waals surface area contributed by atoms with E-state index in [9.17, 15) is 14.4 Å². The Morgan fingerprint density at radius 2 is 1.50 bits per heavy atom. The number of Topliss-reactive ketones (excluding diaryl/α,β-unsaturated/α-hetero) is 1. The first kappa shape index (κ1) is 17.2. The minimum atomic E-state index is -0.344. The van der Waals surface area contributed by atoms with Gasteiger partial charge in [-0.05, 0) is 37.3 Å². The van der Waals surface area contributed by atoms with Gasteiger partial charge in [0.1, 0.15) is 5.75 Å². The largest absolute Gasteiger partial charge is 0.495 e. The van der Waals surface area contributed by atoms with Gasteiger partial charge in [-0.3, -0.25) is 14.4 Å². The van der Waals surface area contributed by atoms with Crippen LogP contribution in [0.25, 0.3) is 0 Å². The predicted molar refractivity (Wildman–Crippen MR) is 91.7 cm³/mol. The minimum Gasteiger partial charge on any atom is -0.495 e. The maximum atomic E-state index is 12.4. The number of methoxy groups -OCH3 is 1. The van der Waals surface area contributed by atoms with E-state index < -0.39 is 0 Å². The van der Waals surface area contributed by atoms with Crippen molar-refractivity contribution in [2.24, 2.45) is 0 Å². The Balaban J connectivity index is 2.23. The van der Waals surface area contributed by atoms with Crippen molar-refractivity contribution in [2.45, 2.75) is 13.8 Å². The summed E-state index contributed by atoms with van der Waals surface area (Å²) in [6, 6.07) is 11.3. The van der Waals surface area contributed by atoms with Crippen LogP contribution in [0.15, 0.2) is 42.5 Å². The fraction of sp³-hybridized carbons (Fsp3) is 0.167. The number of ether oxygens (including phenoxy) is 1. The topological polar surface area (TPSA) is 84.5 Å². The lowest BCUT2D eigenvalue weighted by Gasteiger charge is -2.12. The average Bonchev–Trinajstić information content (AvgIpc) is 2.54. The lowest BCUT2D eigenvalue weighted by molar-refractivity contribution is -0.114. The van der Waals surface area contributed by atoms with Crippen LogP contribution in [0, 0.1) is 0 Å². The Morgan fingerprint density at radius 1 is 0.875 bits per heavy atom. The van der Waals surface area contributed by atoms with E-state index in [2.05, 4.69) is 10.6 Å². The molecule has 2 rings (SSSR count). The van der Waals surface area contributed by atoms with Crippen LogP contribution in [0.5, 0.6) is 5.75 Å². The molecule has 2 N–H and O–H groups in total. The van der Waals surface area contributed by atoms with Gasteiger partial charge in [-0.2, -0.15) is 0 Å². The molecular formula is C18H18N2O4. The smallest absolute Gasteiger partial charge is 0.255 e. The molecule has 0 spiro atoms. The zero-order valence-corrected chi connectivity index (χ0v) is 13.7. The summed E-state index contributed by atoms with van der Waals surface area (Å²) >= 11 is 0. The molecule has 0 saturated carbocycles. The SMILES string of the molecule is COc1ccc(NC(C)=O)cc1NC(=O)c1ccc(C(C)=O)cc1. The molecule has 0 aliphatic rings. The Kier molecular flexibility index (Phi) is 5.31. The summed E-state index contributed by atoms with van der Waals surface area (Å²) in [7, 11) is 1.49. The third-order valence-electron chi connectivity index (χ3n) is 3.32. The molecule has 0 unspecified atom stereocenters. The van der Waals surface area contributed by atoms with Crippen LogP contribution >= 0.6 is 0 Å². The maximum Gasteiger partial charge on any atom is 0.255 e. The van der Waals surface area contributed by atoms with Gasteiger partial charge in [0.25, 0.3) is 5.91 Å². The van der Waals surface area contributed by atoms with Gasteiger partial charge >= 0.3 is 0 Å². The molecule has 0 heterocycles. The van der Waals surface area contributed by atoms with E-state index in [1.807, 2.05) is 0 Å². The van der Waals surface area contributed by atoms with Gasteiger partial charge in [0, 0.05) is 23.7 Å². The Bertz CT molecular complexity index is 782. The van der Waals surface area contributed by atoms with Crippen LogP contribution in [0.2, 0.25) is 0 Å². The lowest BCUT2D eigenvalue weighted by atomic mass is 10.1. The molecular weight excluding hydrogens is 308 g/mol. The minimum absolute atomic E-state index is 0.0633. The number of hydrogen-bond acceptors (Lipinski definition) is 4. The fourth-order valence-electron chi connectivity index (χ4n) is 2.14. The van der Waals surface area contributed by atoms with Crippen LogP contribution < -0.4 is 15.4 Å². The Labute approximate surface area is 139 Å². The predicted octanol–water partition coefficient (Wildman–Crippen LogP) is 3.11. The van der Waals surface area contributed by atoms with E-state index in [1.54, 1.807) is 42.5 Å². The summed E-state index contributed by atoms with van der Waals surface area (Å²) in [6.45, 7) is 2.87. The number of anilines is 2. The van der Waals surface area contributed by atoms with Crippen molar-refractivity contribution in [1.29, 1.82) is 0 Å². The van der Waals surface area contributed by atoms with Crippen LogP contribution in [0.1, 0.15) is 34.6 Å². The van der Waals surface area contributed by atoms with Crippen LogP contribution in [0.4, 0.5) is 11.4 Å². The molecule has 0 aliphatic heterocycles. The first-order valence-corrected chi connectivity index (χ1v) is 7.28. The van der Waals surface area contributed by atoms with Crippen molar-refractivity contribution in [1.82, 2.24) is 0 Å². The van der Waals surface area contributed by atoms with Crippen LogP contribution in [0.3, 0.4) is 0 Å². The van der Waals surface area contributed by atoms with Crippen LogP contribution in [-0.4, -0.2) is 24.7 Å². The summed E-state index contributed by atoms with van der Waals surface area (Å²) in [6.07, 6.45) is 0. The van der Waals surface area contributed by atoms with Gasteiger partial charge in [0.15, 0.2) is 5.78 Å². The second kappa shape index (κ2) is 7.41. The maximum absolute atomic E-state index is 12.4. The molecule has 6 heteroatoms.